The zero-order valence-electron chi connectivity index (χ0n) is 21.8. The third-order valence-corrected chi connectivity index (χ3v) is 7.33. The van der Waals surface area contributed by atoms with Crippen LogP contribution in [-0.4, -0.2) is 49.6 Å². The highest BCUT2D eigenvalue weighted by Gasteiger charge is 2.47. The molecule has 8 heteroatoms. The van der Waals surface area contributed by atoms with Gasteiger partial charge in [-0.3, -0.25) is 9.59 Å². The van der Waals surface area contributed by atoms with Crippen LogP contribution in [0.2, 0.25) is 5.02 Å². The van der Waals surface area contributed by atoms with Crippen LogP contribution in [0.3, 0.4) is 0 Å². The van der Waals surface area contributed by atoms with Gasteiger partial charge in [-0.2, -0.15) is 0 Å². The van der Waals surface area contributed by atoms with E-state index in [1.165, 1.54) is 13.8 Å². The van der Waals surface area contributed by atoms with E-state index in [1.807, 2.05) is 56.3 Å². The summed E-state index contributed by atoms with van der Waals surface area (Å²) in [6, 6.07) is 13.7. The van der Waals surface area contributed by atoms with E-state index in [-0.39, 0.29) is 18.1 Å². The van der Waals surface area contributed by atoms with Crippen LogP contribution in [0.5, 0.6) is 5.75 Å². The molecule has 2 aromatic rings. The lowest BCUT2D eigenvalue weighted by molar-refractivity contribution is -0.225. The second-order valence-electron chi connectivity index (χ2n) is 9.79. The summed E-state index contributed by atoms with van der Waals surface area (Å²) in [6.07, 6.45) is 0.162. The Morgan fingerprint density at radius 2 is 1.73 bits per heavy atom. The van der Waals surface area contributed by atoms with E-state index in [0.29, 0.717) is 18.1 Å². The van der Waals surface area contributed by atoms with Gasteiger partial charge in [-0.05, 0) is 47.7 Å². The van der Waals surface area contributed by atoms with Gasteiger partial charge in [-0.1, -0.05) is 49.7 Å². The molecule has 4 rings (SSSR count). The van der Waals surface area contributed by atoms with Crippen LogP contribution in [-0.2, 0) is 35.0 Å². The first kappa shape index (κ1) is 27.4. The summed E-state index contributed by atoms with van der Waals surface area (Å²) in [5.74, 6) is -0.208. The van der Waals surface area contributed by atoms with Crippen LogP contribution in [0.4, 0.5) is 0 Å². The Bertz CT molecular complexity index is 1080. The number of esters is 2. The molecule has 2 saturated heterocycles. The van der Waals surface area contributed by atoms with Gasteiger partial charge in [0.2, 0.25) is 0 Å². The van der Waals surface area contributed by atoms with Gasteiger partial charge < -0.3 is 23.7 Å². The zero-order valence-corrected chi connectivity index (χ0v) is 22.5. The minimum atomic E-state index is -0.774. The fraction of sp³-hybridized carbons (Fsp3) is 0.517. The molecule has 2 aromatic carbocycles. The van der Waals surface area contributed by atoms with E-state index < -0.39 is 30.3 Å². The number of ether oxygens (including phenoxy) is 5. The van der Waals surface area contributed by atoms with Crippen molar-refractivity contribution < 1.29 is 33.3 Å². The van der Waals surface area contributed by atoms with Crippen molar-refractivity contribution in [2.75, 3.05) is 13.2 Å². The molecule has 200 valence electrons. The quantitative estimate of drug-likeness (QED) is 0.420. The fourth-order valence-corrected chi connectivity index (χ4v) is 5.29. The first-order valence-electron chi connectivity index (χ1n) is 12.9. The second kappa shape index (κ2) is 12.3. The first-order valence-corrected chi connectivity index (χ1v) is 13.2. The van der Waals surface area contributed by atoms with E-state index in [1.54, 1.807) is 0 Å². The topological polar surface area (TPSA) is 80.3 Å². The lowest BCUT2D eigenvalue weighted by Gasteiger charge is -2.44. The molecule has 0 unspecified atom stereocenters. The number of hydrogen-bond acceptors (Lipinski definition) is 7. The fourth-order valence-electron chi connectivity index (χ4n) is 5.11. The second-order valence-corrected chi connectivity index (χ2v) is 10.2. The molecule has 0 radical (unpaired) electrons. The van der Waals surface area contributed by atoms with Crippen LogP contribution in [0.15, 0.2) is 42.5 Å². The minimum absolute atomic E-state index is 0.100. The van der Waals surface area contributed by atoms with Crippen LogP contribution >= 0.6 is 11.6 Å². The molecule has 2 fully saturated rings. The number of halogens is 1. The molecule has 0 N–H and O–H groups in total. The lowest BCUT2D eigenvalue weighted by Crippen LogP contribution is -2.52. The smallest absolute Gasteiger partial charge is 0.303 e. The SMILES string of the molecule is CC[C@H]1O[C@@H](c2ccc(Cl)c(Cc3ccc(O[C@H]4CCOC4)cc3)c2)[C@H](OC(C)=O)[C@@H](OC(C)=O)[C@@H]1C. The molecule has 2 heterocycles. The molecule has 0 aliphatic carbocycles. The number of carbonyl (C=O) groups excluding carboxylic acids is 2. The highest BCUT2D eigenvalue weighted by Crippen LogP contribution is 2.40. The molecule has 2 aliphatic heterocycles. The van der Waals surface area contributed by atoms with Crippen molar-refractivity contribution in [3.63, 3.8) is 0 Å². The summed E-state index contributed by atoms with van der Waals surface area (Å²) in [6.45, 7) is 8.04. The third kappa shape index (κ3) is 6.83. The van der Waals surface area contributed by atoms with Crippen molar-refractivity contribution in [1.82, 2.24) is 0 Å². The van der Waals surface area contributed by atoms with Crippen molar-refractivity contribution in [3.05, 3.63) is 64.2 Å². The molecule has 37 heavy (non-hydrogen) atoms. The van der Waals surface area contributed by atoms with Gasteiger partial charge >= 0.3 is 11.9 Å². The van der Waals surface area contributed by atoms with Crippen LogP contribution in [0, 0.1) is 5.92 Å². The normalized spacial score (nSPS) is 27.5. The van der Waals surface area contributed by atoms with E-state index in [4.69, 9.17) is 35.3 Å². The molecule has 0 aromatic heterocycles. The summed E-state index contributed by atoms with van der Waals surface area (Å²) >= 11 is 6.59. The molecular formula is C29H35ClO7. The van der Waals surface area contributed by atoms with E-state index >= 15 is 0 Å². The molecule has 2 aliphatic rings. The predicted octanol–water partition coefficient (Wildman–Crippen LogP) is 5.45. The maximum Gasteiger partial charge on any atom is 0.303 e. The first-order chi connectivity index (χ1) is 17.7. The molecular weight excluding hydrogens is 496 g/mol. The summed E-state index contributed by atoms with van der Waals surface area (Å²) < 4.78 is 29.2. The van der Waals surface area contributed by atoms with Gasteiger partial charge in [-0.25, -0.2) is 0 Å². The van der Waals surface area contributed by atoms with Crippen molar-refractivity contribution in [2.24, 2.45) is 5.92 Å². The Morgan fingerprint density at radius 1 is 1.03 bits per heavy atom. The Morgan fingerprint density at radius 3 is 2.35 bits per heavy atom. The third-order valence-electron chi connectivity index (χ3n) is 6.96. The van der Waals surface area contributed by atoms with Gasteiger partial charge in [-0.15, -0.1) is 0 Å². The van der Waals surface area contributed by atoms with E-state index in [9.17, 15) is 9.59 Å². The summed E-state index contributed by atoms with van der Waals surface area (Å²) in [5.41, 5.74) is 2.81. The Balaban J connectivity index is 1.58. The maximum absolute atomic E-state index is 12.0. The number of benzene rings is 2. The standard InChI is InChI=1S/C29H35ClO7/c1-5-26-17(2)27(34-18(3)31)29(35-19(4)32)28(37-26)21-8-11-25(30)22(15-21)14-20-6-9-23(10-7-20)36-24-12-13-33-16-24/h6-11,15,17,24,26-29H,5,12-14,16H2,1-4H3/t17-,24+,26-,27+,28+,29-/m1/s1. The number of hydrogen-bond donors (Lipinski definition) is 0. The van der Waals surface area contributed by atoms with Crippen LogP contribution in [0.1, 0.15) is 63.3 Å². The van der Waals surface area contributed by atoms with Crippen molar-refractivity contribution >= 4 is 23.5 Å². The lowest BCUT2D eigenvalue weighted by atomic mass is 9.84. The van der Waals surface area contributed by atoms with Crippen molar-refractivity contribution in [2.45, 2.75) is 77.5 Å². The largest absolute Gasteiger partial charge is 0.488 e. The van der Waals surface area contributed by atoms with E-state index in [0.717, 1.165) is 41.9 Å². The molecule has 0 saturated carbocycles. The predicted molar refractivity (Wildman–Crippen MR) is 139 cm³/mol. The highest BCUT2D eigenvalue weighted by molar-refractivity contribution is 6.31. The van der Waals surface area contributed by atoms with E-state index in [2.05, 4.69) is 0 Å². The minimum Gasteiger partial charge on any atom is -0.488 e. The Labute approximate surface area is 223 Å². The number of carbonyl (C=O) groups is 2. The molecule has 0 spiro atoms. The van der Waals surface area contributed by atoms with Gasteiger partial charge in [0.05, 0.1) is 19.3 Å². The summed E-state index contributed by atoms with van der Waals surface area (Å²) in [4.78, 5) is 23.9. The molecule has 7 nitrogen and oxygen atoms in total. The van der Waals surface area contributed by atoms with Crippen LogP contribution in [0.25, 0.3) is 0 Å². The van der Waals surface area contributed by atoms with Gasteiger partial charge in [0, 0.05) is 31.2 Å². The average Bonchev–Trinajstić information content (AvgIpc) is 3.37. The van der Waals surface area contributed by atoms with Gasteiger partial charge in [0.25, 0.3) is 0 Å². The maximum atomic E-state index is 12.0. The Kier molecular flexibility index (Phi) is 9.11. The summed E-state index contributed by atoms with van der Waals surface area (Å²) in [7, 11) is 0. The highest BCUT2D eigenvalue weighted by atomic mass is 35.5. The summed E-state index contributed by atoms with van der Waals surface area (Å²) in [5, 5.41) is 0.629. The van der Waals surface area contributed by atoms with Crippen molar-refractivity contribution in [1.29, 1.82) is 0 Å². The molecule has 0 amide bonds. The Hall–Kier alpha value is -2.61. The van der Waals surface area contributed by atoms with Gasteiger partial charge in [0.15, 0.2) is 6.10 Å². The molecule has 0 bridgehead atoms. The average molecular weight is 531 g/mol. The zero-order chi connectivity index (χ0) is 26.5. The molecule has 6 atom stereocenters. The van der Waals surface area contributed by atoms with Crippen LogP contribution < -0.4 is 4.74 Å². The number of rotatable bonds is 8. The monoisotopic (exact) mass is 530 g/mol. The van der Waals surface area contributed by atoms with Crippen molar-refractivity contribution in [3.8, 4) is 5.75 Å². The van der Waals surface area contributed by atoms with Gasteiger partial charge in [0.1, 0.15) is 24.1 Å².